The van der Waals surface area contributed by atoms with Crippen molar-refractivity contribution < 1.29 is 42.1 Å². The second-order valence-corrected chi connectivity index (χ2v) is 22.8. The topological polar surface area (TPSA) is 108 Å². The molecule has 0 aliphatic rings. The van der Waals surface area contributed by atoms with Gasteiger partial charge in [-0.05, 0) is 32.1 Å². The van der Waals surface area contributed by atoms with Crippen molar-refractivity contribution in [3.8, 4) is 0 Å². The maximum absolute atomic E-state index is 12.8. The van der Waals surface area contributed by atoms with E-state index >= 15 is 0 Å². The van der Waals surface area contributed by atoms with Crippen LogP contribution in [0.5, 0.6) is 0 Å². The monoisotopic (exact) mass is 985 g/mol. The lowest BCUT2D eigenvalue weighted by atomic mass is 10.0. The van der Waals surface area contributed by atoms with Gasteiger partial charge in [-0.2, -0.15) is 0 Å². The van der Waals surface area contributed by atoms with Crippen molar-refractivity contribution in [2.24, 2.45) is 0 Å². The second-order valence-electron chi connectivity index (χ2n) is 21.4. The Bertz CT molecular complexity index is 1160. The third-order valence-corrected chi connectivity index (χ3v) is 14.3. The van der Waals surface area contributed by atoms with Gasteiger partial charge in [-0.3, -0.25) is 18.6 Å². The van der Waals surface area contributed by atoms with Crippen molar-refractivity contribution in [3.63, 3.8) is 0 Å². The largest absolute Gasteiger partial charge is 0.472 e. The molecule has 10 heteroatoms. The van der Waals surface area contributed by atoms with Crippen LogP contribution in [0.25, 0.3) is 0 Å². The summed E-state index contributed by atoms with van der Waals surface area (Å²) in [5.41, 5.74) is 0. The summed E-state index contributed by atoms with van der Waals surface area (Å²) < 4.78 is 34.5. The number of allylic oxidation sites excluding steroid dienone is 2. The molecule has 1 N–H and O–H groups in total. The van der Waals surface area contributed by atoms with Crippen LogP contribution in [0.4, 0.5) is 0 Å². The smallest absolute Gasteiger partial charge is 0.462 e. The zero-order valence-electron chi connectivity index (χ0n) is 45.9. The predicted octanol–water partition coefficient (Wildman–Crippen LogP) is 18.0. The summed E-state index contributed by atoms with van der Waals surface area (Å²) >= 11 is 0. The minimum absolute atomic E-state index is 0.0319. The van der Waals surface area contributed by atoms with Crippen LogP contribution in [0.15, 0.2) is 12.2 Å². The highest BCUT2D eigenvalue weighted by Gasteiger charge is 2.27. The van der Waals surface area contributed by atoms with E-state index in [1.54, 1.807) is 0 Å². The Morgan fingerprint density at radius 3 is 1.13 bits per heavy atom. The molecule has 0 aromatic rings. The van der Waals surface area contributed by atoms with Gasteiger partial charge in [-0.25, -0.2) is 4.57 Å². The van der Waals surface area contributed by atoms with Crippen molar-refractivity contribution in [2.75, 3.05) is 47.5 Å². The number of phosphoric ester groups is 1. The molecular weight excluding hydrogens is 870 g/mol. The van der Waals surface area contributed by atoms with Crippen molar-refractivity contribution >= 4 is 19.8 Å². The van der Waals surface area contributed by atoms with Crippen LogP contribution < -0.4 is 0 Å². The molecule has 0 saturated carbocycles. The van der Waals surface area contributed by atoms with Crippen molar-refractivity contribution in [1.29, 1.82) is 0 Å². The fourth-order valence-corrected chi connectivity index (χ4v) is 9.47. The van der Waals surface area contributed by atoms with Crippen LogP contribution in [0.1, 0.15) is 296 Å². The number of phosphoric acid groups is 1. The van der Waals surface area contributed by atoms with Gasteiger partial charge in [-0.15, -0.1) is 0 Å². The van der Waals surface area contributed by atoms with Gasteiger partial charge >= 0.3 is 19.8 Å². The Balaban J connectivity index is 4.14. The van der Waals surface area contributed by atoms with Crippen molar-refractivity contribution in [3.05, 3.63) is 12.2 Å². The molecule has 404 valence electrons. The van der Waals surface area contributed by atoms with E-state index in [1.807, 2.05) is 21.1 Å². The van der Waals surface area contributed by atoms with E-state index < -0.39 is 32.5 Å². The molecule has 9 nitrogen and oxygen atoms in total. The highest BCUT2D eigenvalue weighted by Crippen LogP contribution is 2.43. The number of unbranched alkanes of at least 4 members (excludes halogenated alkanes) is 39. The van der Waals surface area contributed by atoms with E-state index in [0.29, 0.717) is 23.9 Å². The van der Waals surface area contributed by atoms with Crippen LogP contribution in [0.2, 0.25) is 0 Å². The average Bonchev–Trinajstić information content (AvgIpc) is 3.30. The predicted molar refractivity (Wildman–Crippen MR) is 289 cm³/mol. The molecule has 1 unspecified atom stereocenters. The van der Waals surface area contributed by atoms with Crippen LogP contribution in [-0.4, -0.2) is 74.9 Å². The van der Waals surface area contributed by atoms with Gasteiger partial charge in [0.25, 0.3) is 0 Å². The third kappa shape index (κ3) is 54.1. The van der Waals surface area contributed by atoms with E-state index in [4.69, 9.17) is 18.5 Å². The van der Waals surface area contributed by atoms with Gasteiger partial charge in [-0.1, -0.05) is 264 Å². The number of rotatable bonds is 55. The molecule has 0 amide bonds. The van der Waals surface area contributed by atoms with Gasteiger partial charge in [0.05, 0.1) is 27.7 Å². The molecule has 0 aromatic carbocycles. The van der Waals surface area contributed by atoms with E-state index in [-0.39, 0.29) is 26.1 Å². The Hall–Kier alpha value is -1.25. The first-order chi connectivity index (χ1) is 33.0. The highest BCUT2D eigenvalue weighted by atomic mass is 31.2. The molecule has 0 radical (unpaired) electrons. The summed E-state index contributed by atoms with van der Waals surface area (Å²) in [6, 6.07) is 0. The number of ether oxygens (including phenoxy) is 2. The zero-order chi connectivity index (χ0) is 49.9. The molecule has 0 fully saturated rings. The molecule has 0 bridgehead atoms. The van der Waals surface area contributed by atoms with E-state index in [1.165, 1.54) is 231 Å². The lowest BCUT2D eigenvalue weighted by molar-refractivity contribution is -0.870. The molecule has 0 saturated heterocycles. The Morgan fingerprint density at radius 1 is 0.441 bits per heavy atom. The fraction of sp³-hybridized carbons (Fsp3) is 0.931. The average molecular weight is 986 g/mol. The first kappa shape index (κ1) is 66.8. The quantitative estimate of drug-likeness (QED) is 0.0211. The summed E-state index contributed by atoms with van der Waals surface area (Å²) in [6.07, 6.45) is 58.6. The molecule has 0 spiro atoms. The van der Waals surface area contributed by atoms with Crippen LogP contribution >= 0.6 is 7.82 Å². The van der Waals surface area contributed by atoms with Crippen molar-refractivity contribution in [2.45, 2.75) is 302 Å². The first-order valence-corrected chi connectivity index (χ1v) is 30.9. The summed E-state index contributed by atoms with van der Waals surface area (Å²) in [6.45, 7) is 4.47. The minimum Gasteiger partial charge on any atom is -0.462 e. The Labute approximate surface area is 422 Å². The number of quaternary nitrogens is 1. The summed E-state index contributed by atoms with van der Waals surface area (Å²) in [4.78, 5) is 35.7. The number of nitrogens with zero attached hydrogens (tertiary/aromatic N) is 1. The summed E-state index contributed by atoms with van der Waals surface area (Å²) in [7, 11) is 1.48. The molecular formula is C58H115NO8P+. The molecule has 0 rings (SSSR count). The zero-order valence-corrected chi connectivity index (χ0v) is 46.8. The minimum atomic E-state index is -4.38. The van der Waals surface area contributed by atoms with Gasteiger partial charge in [0.2, 0.25) is 0 Å². The van der Waals surface area contributed by atoms with Gasteiger partial charge < -0.3 is 18.9 Å². The maximum atomic E-state index is 12.8. The standard InChI is InChI=1S/C58H114NO8P/c1-6-8-10-12-14-16-18-20-22-24-26-28-29-31-32-34-36-38-40-42-44-46-48-50-57(60)64-54-56(55-66-68(62,63)65-53-52-59(3,4)5)67-58(61)51-49-47-45-43-41-39-37-35-33-30-27-25-23-21-19-17-15-13-11-9-7-2/h42,44,56H,6-41,43,45-55H2,1-5H3/p+1/b44-42+/t56-/m1/s1. The first-order valence-electron chi connectivity index (χ1n) is 29.4. The lowest BCUT2D eigenvalue weighted by Crippen LogP contribution is -2.37. The summed E-state index contributed by atoms with van der Waals surface area (Å²) in [5.74, 6) is -0.815. The Morgan fingerprint density at radius 2 is 0.765 bits per heavy atom. The molecule has 68 heavy (non-hydrogen) atoms. The van der Waals surface area contributed by atoms with Gasteiger partial charge in [0.15, 0.2) is 6.10 Å². The highest BCUT2D eigenvalue weighted by molar-refractivity contribution is 7.47. The van der Waals surface area contributed by atoms with Crippen molar-refractivity contribution in [1.82, 2.24) is 0 Å². The van der Waals surface area contributed by atoms with E-state index in [2.05, 4.69) is 26.0 Å². The normalized spacial score (nSPS) is 13.3. The summed E-state index contributed by atoms with van der Waals surface area (Å²) in [5, 5.41) is 0. The SMILES string of the molecule is CCCCCCCCCCCCCCCCCCCC/C=C/CCCC(=O)OC[C@H](COP(=O)(O)OCC[N+](C)(C)C)OC(=O)CCCCCCCCCCCCCCCCCCCCCCC. The fourth-order valence-electron chi connectivity index (χ4n) is 8.73. The third-order valence-electron chi connectivity index (χ3n) is 13.3. The molecule has 0 aromatic heterocycles. The lowest BCUT2D eigenvalue weighted by Gasteiger charge is -2.24. The molecule has 0 aliphatic heterocycles. The van der Waals surface area contributed by atoms with Crippen LogP contribution in [0, 0.1) is 0 Å². The second kappa shape index (κ2) is 50.7. The van der Waals surface area contributed by atoms with Crippen LogP contribution in [0.3, 0.4) is 0 Å². The number of hydrogen-bond acceptors (Lipinski definition) is 7. The molecule has 0 heterocycles. The van der Waals surface area contributed by atoms with E-state index in [9.17, 15) is 19.0 Å². The van der Waals surface area contributed by atoms with E-state index in [0.717, 1.165) is 25.7 Å². The van der Waals surface area contributed by atoms with Crippen LogP contribution in [-0.2, 0) is 32.7 Å². The number of hydrogen-bond donors (Lipinski definition) is 1. The van der Waals surface area contributed by atoms with Gasteiger partial charge in [0.1, 0.15) is 19.8 Å². The number of carbonyl (C=O) groups excluding carboxylic acids is 2. The Kier molecular flexibility index (Phi) is 49.8. The number of esters is 2. The maximum Gasteiger partial charge on any atom is 0.472 e. The molecule has 0 aliphatic carbocycles. The molecule has 2 atom stereocenters. The number of carbonyl (C=O) groups is 2. The van der Waals surface area contributed by atoms with Gasteiger partial charge in [0, 0.05) is 12.8 Å². The number of likely N-dealkylation sites (N-methyl/N-ethyl adjacent to an activating group) is 1.